The molecule has 6 heteroatoms. The van der Waals surface area contributed by atoms with Gasteiger partial charge in [-0.1, -0.05) is 37.3 Å². The van der Waals surface area contributed by atoms with Crippen molar-refractivity contribution in [1.82, 2.24) is 19.7 Å². The highest BCUT2D eigenvalue weighted by Gasteiger charge is 2.18. The number of benzene rings is 1. The van der Waals surface area contributed by atoms with Crippen LogP contribution >= 0.6 is 11.3 Å². The number of aryl methyl sites for hydroxylation is 1. The summed E-state index contributed by atoms with van der Waals surface area (Å²) in [6, 6.07) is 14.7. The van der Waals surface area contributed by atoms with Crippen LogP contribution in [0, 0.1) is 13.8 Å². The fraction of sp³-hybridized carbons (Fsp3) is 0.423. The molecule has 0 unspecified atom stereocenters. The fourth-order valence-corrected chi connectivity index (χ4v) is 5.18. The predicted molar refractivity (Wildman–Crippen MR) is 132 cm³/mol. The molecule has 3 heterocycles. The van der Waals surface area contributed by atoms with E-state index in [4.69, 9.17) is 0 Å². The van der Waals surface area contributed by atoms with E-state index in [0.29, 0.717) is 6.54 Å². The lowest BCUT2D eigenvalue weighted by Crippen LogP contribution is -2.45. The Labute approximate surface area is 195 Å². The molecule has 5 nitrogen and oxygen atoms in total. The predicted octanol–water partition coefficient (Wildman–Crippen LogP) is 4.28. The Morgan fingerprint density at radius 1 is 0.969 bits per heavy atom. The van der Waals surface area contributed by atoms with Crippen molar-refractivity contribution in [1.29, 1.82) is 0 Å². The molecule has 1 amide bonds. The summed E-state index contributed by atoms with van der Waals surface area (Å²) in [4.78, 5) is 19.4. The van der Waals surface area contributed by atoms with E-state index in [-0.39, 0.29) is 5.91 Å². The van der Waals surface area contributed by atoms with Crippen molar-refractivity contribution in [3.63, 3.8) is 0 Å². The minimum atomic E-state index is 0.00175. The number of hydrogen-bond donors (Lipinski definition) is 1. The highest BCUT2D eigenvalue weighted by molar-refractivity contribution is 7.09. The number of piperazine rings is 1. The molecule has 1 aliphatic rings. The van der Waals surface area contributed by atoms with Crippen LogP contribution in [0.15, 0.2) is 47.8 Å². The molecule has 32 heavy (non-hydrogen) atoms. The number of amides is 1. The number of nitrogens with one attached hydrogen (secondary N) is 1. The van der Waals surface area contributed by atoms with Gasteiger partial charge in [0.25, 0.3) is 5.91 Å². The summed E-state index contributed by atoms with van der Waals surface area (Å²) in [6.07, 6.45) is 0. The lowest BCUT2D eigenvalue weighted by Gasteiger charge is -2.34. The van der Waals surface area contributed by atoms with Crippen LogP contribution in [0.4, 0.5) is 0 Å². The first-order valence-corrected chi connectivity index (χ1v) is 12.4. The van der Waals surface area contributed by atoms with Crippen molar-refractivity contribution >= 4 is 17.2 Å². The molecule has 2 aromatic heterocycles. The zero-order chi connectivity index (χ0) is 22.5. The van der Waals surface area contributed by atoms with Crippen LogP contribution in [0.2, 0.25) is 0 Å². The van der Waals surface area contributed by atoms with Crippen molar-refractivity contribution in [2.45, 2.75) is 40.4 Å². The van der Waals surface area contributed by atoms with E-state index in [1.807, 2.05) is 13.0 Å². The topological polar surface area (TPSA) is 40.5 Å². The largest absolute Gasteiger partial charge is 0.348 e. The number of nitrogens with zero attached hydrogens (tertiary/aromatic N) is 3. The molecule has 1 N–H and O–H groups in total. The molecular weight excluding hydrogens is 416 g/mol. The first-order chi connectivity index (χ1) is 15.5. The Hall–Kier alpha value is -2.41. The molecule has 1 saturated heterocycles. The second-order valence-electron chi connectivity index (χ2n) is 8.61. The number of carbonyl (C=O) groups is 1. The maximum absolute atomic E-state index is 13.0. The second kappa shape index (κ2) is 10.5. The van der Waals surface area contributed by atoms with Gasteiger partial charge >= 0.3 is 0 Å². The minimum absolute atomic E-state index is 0.00175. The summed E-state index contributed by atoms with van der Waals surface area (Å²) in [7, 11) is 0. The average molecular weight is 451 g/mol. The number of thiophene rings is 1. The molecule has 0 saturated carbocycles. The van der Waals surface area contributed by atoms with Gasteiger partial charge in [0, 0.05) is 55.5 Å². The molecule has 1 aliphatic heterocycles. The molecule has 170 valence electrons. The lowest BCUT2D eigenvalue weighted by molar-refractivity contribution is 0.0950. The summed E-state index contributed by atoms with van der Waals surface area (Å²) in [6.45, 7) is 14.3. The molecule has 3 aromatic rings. The Morgan fingerprint density at radius 2 is 1.69 bits per heavy atom. The van der Waals surface area contributed by atoms with Crippen molar-refractivity contribution in [3.8, 4) is 0 Å². The Morgan fingerprint density at radius 3 is 2.38 bits per heavy atom. The number of hydrogen-bond acceptors (Lipinski definition) is 4. The molecule has 0 spiro atoms. The maximum atomic E-state index is 13.0. The van der Waals surface area contributed by atoms with Gasteiger partial charge in [-0.3, -0.25) is 9.69 Å². The van der Waals surface area contributed by atoms with Gasteiger partial charge < -0.3 is 14.8 Å². The number of carbonyl (C=O) groups excluding carboxylic acids is 1. The molecule has 1 fully saturated rings. The molecule has 1 aromatic carbocycles. The first kappa shape index (κ1) is 22.8. The van der Waals surface area contributed by atoms with E-state index < -0.39 is 0 Å². The fourth-order valence-electron chi connectivity index (χ4n) is 4.49. The van der Waals surface area contributed by atoms with E-state index in [2.05, 4.69) is 75.3 Å². The maximum Gasteiger partial charge on any atom is 0.253 e. The highest BCUT2D eigenvalue weighted by atomic mass is 32.1. The summed E-state index contributed by atoms with van der Waals surface area (Å²) in [5.74, 6) is 0.00175. The summed E-state index contributed by atoms with van der Waals surface area (Å²) >= 11 is 1.75. The second-order valence-corrected chi connectivity index (χ2v) is 9.64. The molecule has 0 aliphatic carbocycles. The zero-order valence-electron chi connectivity index (χ0n) is 19.4. The molecule has 0 bridgehead atoms. The van der Waals surface area contributed by atoms with E-state index >= 15 is 0 Å². The normalized spacial score (nSPS) is 15.2. The molecule has 4 rings (SSSR count). The Kier molecular flexibility index (Phi) is 7.45. The number of aromatic nitrogens is 1. The third-order valence-corrected chi connectivity index (χ3v) is 7.44. The van der Waals surface area contributed by atoms with Crippen LogP contribution in [-0.4, -0.2) is 53.0 Å². The average Bonchev–Trinajstić information content (AvgIpc) is 3.42. The van der Waals surface area contributed by atoms with Gasteiger partial charge in [-0.2, -0.15) is 0 Å². The van der Waals surface area contributed by atoms with E-state index in [1.165, 1.54) is 16.0 Å². The smallest absolute Gasteiger partial charge is 0.253 e. The quantitative estimate of drug-likeness (QED) is 0.557. The van der Waals surface area contributed by atoms with Crippen LogP contribution in [0.25, 0.3) is 0 Å². The first-order valence-electron chi connectivity index (χ1n) is 11.5. The van der Waals surface area contributed by atoms with Crippen molar-refractivity contribution < 1.29 is 4.79 Å². The highest BCUT2D eigenvalue weighted by Crippen LogP contribution is 2.20. The van der Waals surface area contributed by atoms with Gasteiger partial charge in [-0.05, 0) is 49.0 Å². The van der Waals surface area contributed by atoms with Crippen molar-refractivity contribution in [2.24, 2.45) is 0 Å². The van der Waals surface area contributed by atoms with Gasteiger partial charge in [0.15, 0.2) is 0 Å². The van der Waals surface area contributed by atoms with E-state index in [0.717, 1.165) is 62.8 Å². The van der Waals surface area contributed by atoms with Crippen LogP contribution in [-0.2, 0) is 19.6 Å². The molecular formula is C26H34N4OS. The minimum Gasteiger partial charge on any atom is -0.348 e. The summed E-state index contributed by atoms with van der Waals surface area (Å²) in [5, 5.41) is 5.27. The summed E-state index contributed by atoms with van der Waals surface area (Å²) < 4.78 is 2.23. The third-order valence-electron chi connectivity index (χ3n) is 6.58. The van der Waals surface area contributed by atoms with Crippen molar-refractivity contribution in [3.05, 3.63) is 80.8 Å². The van der Waals surface area contributed by atoms with Gasteiger partial charge in [0.05, 0.1) is 12.1 Å². The van der Waals surface area contributed by atoms with E-state index in [1.54, 1.807) is 11.3 Å². The van der Waals surface area contributed by atoms with E-state index in [9.17, 15) is 4.79 Å². The van der Waals surface area contributed by atoms with Gasteiger partial charge in [-0.25, -0.2) is 0 Å². The Balaban J connectivity index is 1.39. The van der Waals surface area contributed by atoms with Crippen LogP contribution < -0.4 is 5.32 Å². The van der Waals surface area contributed by atoms with Crippen molar-refractivity contribution in [2.75, 3.05) is 32.7 Å². The lowest BCUT2D eigenvalue weighted by atomic mass is 10.1. The van der Waals surface area contributed by atoms with Crippen LogP contribution in [0.3, 0.4) is 0 Å². The number of likely N-dealkylation sites (N-methyl/N-ethyl adjacent to an activating group) is 1. The third kappa shape index (κ3) is 5.31. The summed E-state index contributed by atoms with van der Waals surface area (Å²) in [5.41, 5.74) is 5.42. The standard InChI is InChI=1S/C26H34N4OS/c1-4-28-11-13-29(14-12-28)18-23-9-6-5-8-22(23)17-27-26(31)25-16-20(2)30(21(25)3)19-24-10-7-15-32-24/h5-10,15-16H,4,11-14,17-19H2,1-3H3,(H,27,31). The molecule has 0 atom stereocenters. The van der Waals surface area contributed by atoms with Gasteiger partial charge in [0.2, 0.25) is 0 Å². The van der Waals surface area contributed by atoms with Crippen LogP contribution in [0.1, 0.15) is 44.7 Å². The molecule has 0 radical (unpaired) electrons. The SMILES string of the molecule is CCN1CCN(Cc2ccccc2CNC(=O)c2cc(C)n(Cc3cccs3)c2C)CC1. The number of rotatable bonds is 8. The van der Waals surface area contributed by atoms with Gasteiger partial charge in [-0.15, -0.1) is 11.3 Å². The zero-order valence-corrected chi connectivity index (χ0v) is 20.3. The van der Waals surface area contributed by atoms with Gasteiger partial charge in [0.1, 0.15) is 0 Å². The Bertz CT molecular complexity index is 1030. The van der Waals surface area contributed by atoms with Crippen LogP contribution in [0.5, 0.6) is 0 Å². The monoisotopic (exact) mass is 450 g/mol.